The first-order valence-electron chi connectivity index (χ1n) is 8.99. The third-order valence-corrected chi connectivity index (χ3v) is 4.93. The van der Waals surface area contributed by atoms with Crippen LogP contribution in [0, 0.1) is 24.0 Å². The zero-order valence-electron chi connectivity index (χ0n) is 16.5. The van der Waals surface area contributed by atoms with Crippen LogP contribution in [-0.2, 0) is 0 Å². The summed E-state index contributed by atoms with van der Waals surface area (Å²) in [6.07, 6.45) is 1.45. The maximum Gasteiger partial charge on any atom is 0.337 e. The SMILES string of the molecule is Cc1cc(/C=N\NC(=O)c2cccc([N+](=O)[O-])c2)c(C)n1-c1ccc(Cl)c(C(=O)O)c1. The summed E-state index contributed by atoms with van der Waals surface area (Å²) in [5, 5.41) is 24.2. The number of nitro benzene ring substituents is 1. The number of hydrazone groups is 1. The normalized spacial score (nSPS) is 10.9. The minimum absolute atomic E-state index is 0.00824. The molecule has 3 rings (SSSR count). The van der Waals surface area contributed by atoms with E-state index >= 15 is 0 Å². The molecule has 2 aromatic carbocycles. The molecule has 2 N–H and O–H groups in total. The Hall–Kier alpha value is -3.98. The number of aryl methyl sites for hydroxylation is 1. The van der Waals surface area contributed by atoms with Gasteiger partial charge in [0, 0.05) is 40.3 Å². The van der Waals surface area contributed by atoms with Crippen molar-refractivity contribution in [1.29, 1.82) is 0 Å². The first-order valence-corrected chi connectivity index (χ1v) is 9.37. The summed E-state index contributed by atoms with van der Waals surface area (Å²) in [5.74, 6) is -1.71. The van der Waals surface area contributed by atoms with Gasteiger partial charge >= 0.3 is 5.97 Å². The van der Waals surface area contributed by atoms with Crippen LogP contribution in [0.1, 0.15) is 37.7 Å². The number of nitro groups is 1. The minimum atomic E-state index is -1.13. The van der Waals surface area contributed by atoms with Gasteiger partial charge in [0.1, 0.15) is 0 Å². The van der Waals surface area contributed by atoms with E-state index in [2.05, 4.69) is 10.5 Å². The number of rotatable bonds is 6. The number of benzene rings is 2. The van der Waals surface area contributed by atoms with Gasteiger partial charge in [-0.25, -0.2) is 10.2 Å². The van der Waals surface area contributed by atoms with E-state index in [1.165, 1.54) is 36.5 Å². The number of amides is 1. The second kappa shape index (κ2) is 8.80. The van der Waals surface area contributed by atoms with Gasteiger partial charge in [-0.1, -0.05) is 17.7 Å². The molecule has 31 heavy (non-hydrogen) atoms. The molecule has 0 aliphatic heterocycles. The number of carbonyl (C=O) groups excluding carboxylic acids is 1. The molecule has 9 nitrogen and oxygen atoms in total. The summed E-state index contributed by atoms with van der Waals surface area (Å²) in [6.45, 7) is 3.67. The molecule has 1 aromatic heterocycles. The number of carbonyl (C=O) groups is 2. The third-order valence-electron chi connectivity index (χ3n) is 4.60. The second-order valence-corrected chi connectivity index (χ2v) is 7.04. The highest BCUT2D eigenvalue weighted by Gasteiger charge is 2.15. The summed E-state index contributed by atoms with van der Waals surface area (Å²) >= 11 is 5.95. The van der Waals surface area contributed by atoms with Crippen molar-refractivity contribution < 1.29 is 19.6 Å². The van der Waals surface area contributed by atoms with Crippen LogP contribution in [0.2, 0.25) is 5.02 Å². The van der Waals surface area contributed by atoms with E-state index in [0.717, 1.165) is 17.5 Å². The number of aromatic carboxylic acids is 1. The lowest BCUT2D eigenvalue weighted by atomic mass is 10.2. The fourth-order valence-electron chi connectivity index (χ4n) is 3.12. The van der Waals surface area contributed by atoms with E-state index in [-0.39, 0.29) is 21.8 Å². The Morgan fingerprint density at radius 2 is 1.94 bits per heavy atom. The quantitative estimate of drug-likeness (QED) is 0.338. The van der Waals surface area contributed by atoms with Crippen LogP contribution in [0.25, 0.3) is 5.69 Å². The van der Waals surface area contributed by atoms with E-state index < -0.39 is 16.8 Å². The number of carboxylic acids is 1. The van der Waals surface area contributed by atoms with Gasteiger partial charge in [-0.2, -0.15) is 5.10 Å². The average Bonchev–Trinajstić information content (AvgIpc) is 3.01. The van der Waals surface area contributed by atoms with Crippen molar-refractivity contribution in [3.8, 4) is 5.69 Å². The van der Waals surface area contributed by atoms with Crippen LogP contribution < -0.4 is 5.43 Å². The Balaban J connectivity index is 1.83. The van der Waals surface area contributed by atoms with Crippen molar-refractivity contribution in [2.24, 2.45) is 5.10 Å². The topological polar surface area (TPSA) is 127 Å². The molecule has 1 amide bonds. The van der Waals surface area contributed by atoms with Crippen LogP contribution >= 0.6 is 11.6 Å². The maximum atomic E-state index is 12.2. The number of nitrogens with one attached hydrogen (secondary N) is 1. The molecule has 10 heteroatoms. The van der Waals surface area contributed by atoms with Crippen molar-refractivity contribution in [1.82, 2.24) is 9.99 Å². The molecule has 0 fully saturated rings. The summed E-state index contributed by atoms with van der Waals surface area (Å²) in [5.41, 5.74) is 5.17. The van der Waals surface area contributed by atoms with Crippen LogP contribution in [-0.4, -0.2) is 32.7 Å². The first-order chi connectivity index (χ1) is 14.7. The molecule has 1 heterocycles. The van der Waals surface area contributed by atoms with E-state index in [9.17, 15) is 24.8 Å². The predicted octanol–water partition coefficient (Wildman–Crippen LogP) is 4.12. The molecule has 0 saturated heterocycles. The fraction of sp³-hybridized carbons (Fsp3) is 0.0952. The highest BCUT2D eigenvalue weighted by atomic mass is 35.5. The molecular weight excluding hydrogens is 424 g/mol. The molecule has 0 spiro atoms. The highest BCUT2D eigenvalue weighted by Crippen LogP contribution is 2.24. The molecule has 0 radical (unpaired) electrons. The van der Waals surface area contributed by atoms with Gasteiger partial charge in [-0.3, -0.25) is 14.9 Å². The predicted molar refractivity (Wildman–Crippen MR) is 115 cm³/mol. The fourth-order valence-corrected chi connectivity index (χ4v) is 3.32. The number of halogens is 1. The van der Waals surface area contributed by atoms with Gasteiger partial charge in [0.25, 0.3) is 11.6 Å². The molecule has 0 aliphatic carbocycles. The maximum absolute atomic E-state index is 12.2. The summed E-state index contributed by atoms with van der Waals surface area (Å²) in [4.78, 5) is 33.8. The third kappa shape index (κ3) is 4.62. The van der Waals surface area contributed by atoms with E-state index in [1.807, 2.05) is 24.5 Å². The average molecular weight is 441 g/mol. The van der Waals surface area contributed by atoms with Gasteiger partial charge in [0.05, 0.1) is 21.7 Å². The molecule has 0 atom stereocenters. The van der Waals surface area contributed by atoms with Crippen LogP contribution in [0.3, 0.4) is 0 Å². The van der Waals surface area contributed by atoms with Crippen molar-refractivity contribution in [3.63, 3.8) is 0 Å². The van der Waals surface area contributed by atoms with Crippen molar-refractivity contribution in [2.45, 2.75) is 13.8 Å². The Morgan fingerprint density at radius 1 is 1.19 bits per heavy atom. The minimum Gasteiger partial charge on any atom is -0.478 e. The van der Waals surface area contributed by atoms with Crippen molar-refractivity contribution in [3.05, 3.63) is 91.7 Å². The lowest BCUT2D eigenvalue weighted by molar-refractivity contribution is -0.384. The van der Waals surface area contributed by atoms with Gasteiger partial charge in [0.2, 0.25) is 0 Å². The van der Waals surface area contributed by atoms with E-state index in [1.54, 1.807) is 6.07 Å². The number of carboxylic acid groups (broad SMARTS) is 1. The monoisotopic (exact) mass is 440 g/mol. The smallest absolute Gasteiger partial charge is 0.337 e. The molecule has 0 bridgehead atoms. The summed E-state index contributed by atoms with van der Waals surface area (Å²) in [7, 11) is 0. The van der Waals surface area contributed by atoms with Crippen molar-refractivity contribution >= 4 is 35.4 Å². The van der Waals surface area contributed by atoms with Gasteiger partial charge in [0.15, 0.2) is 0 Å². The second-order valence-electron chi connectivity index (χ2n) is 6.64. The Labute approximate surface area is 181 Å². The van der Waals surface area contributed by atoms with Crippen LogP contribution in [0.4, 0.5) is 5.69 Å². The molecule has 3 aromatic rings. The number of non-ortho nitro benzene ring substituents is 1. The lowest BCUT2D eigenvalue weighted by Crippen LogP contribution is -2.17. The number of hydrogen-bond donors (Lipinski definition) is 2. The number of aromatic nitrogens is 1. The largest absolute Gasteiger partial charge is 0.478 e. The Kier molecular flexibility index (Phi) is 6.17. The Morgan fingerprint density at radius 3 is 2.61 bits per heavy atom. The van der Waals surface area contributed by atoms with Gasteiger partial charge in [-0.05, 0) is 44.2 Å². The van der Waals surface area contributed by atoms with E-state index in [4.69, 9.17) is 11.6 Å². The van der Waals surface area contributed by atoms with Crippen LogP contribution in [0.5, 0.6) is 0 Å². The highest BCUT2D eigenvalue weighted by molar-refractivity contribution is 6.33. The molecular formula is C21H17ClN4O5. The standard InChI is InChI=1S/C21H17ClN4O5/c1-12-8-15(11-23-24-20(27)14-4-3-5-17(9-14)26(30)31)13(2)25(12)16-6-7-19(22)18(10-16)21(28)29/h3-11H,1-2H3,(H,24,27)(H,28,29)/b23-11-. The summed E-state index contributed by atoms with van der Waals surface area (Å²) < 4.78 is 1.84. The summed E-state index contributed by atoms with van der Waals surface area (Å²) in [6, 6.07) is 11.9. The zero-order valence-corrected chi connectivity index (χ0v) is 17.3. The molecule has 0 saturated carbocycles. The lowest BCUT2D eigenvalue weighted by Gasteiger charge is -2.11. The Bertz CT molecular complexity index is 1230. The number of hydrogen-bond acceptors (Lipinski definition) is 5. The van der Waals surface area contributed by atoms with Crippen molar-refractivity contribution in [2.75, 3.05) is 0 Å². The molecule has 0 unspecified atom stereocenters. The first kappa shape index (κ1) is 21.7. The van der Waals surface area contributed by atoms with Gasteiger partial charge in [-0.15, -0.1) is 0 Å². The molecule has 158 valence electrons. The zero-order chi connectivity index (χ0) is 22.7. The number of nitrogens with zero attached hydrogens (tertiary/aromatic N) is 3. The molecule has 0 aliphatic rings. The van der Waals surface area contributed by atoms with Crippen LogP contribution in [0.15, 0.2) is 53.6 Å². The van der Waals surface area contributed by atoms with Gasteiger partial charge < -0.3 is 9.67 Å². The van der Waals surface area contributed by atoms with E-state index in [0.29, 0.717) is 11.3 Å².